The fraction of sp³-hybridized carbons (Fsp3) is 0.143. The van der Waals surface area contributed by atoms with Crippen molar-refractivity contribution in [2.75, 3.05) is 5.73 Å². The van der Waals surface area contributed by atoms with E-state index in [1.54, 1.807) is 18.5 Å². The minimum atomic E-state index is -3.82. The number of benzene rings is 1. The van der Waals surface area contributed by atoms with Gasteiger partial charge in [0.25, 0.3) is 15.9 Å². The summed E-state index contributed by atoms with van der Waals surface area (Å²) in [5.74, 6) is -0.557. The fourth-order valence-corrected chi connectivity index (χ4v) is 3.87. The Morgan fingerprint density at radius 3 is 2.71 bits per heavy atom. The molecule has 2 aromatic rings. The molecule has 3 rings (SSSR count). The third-order valence-corrected chi connectivity index (χ3v) is 5.07. The van der Waals surface area contributed by atoms with E-state index in [2.05, 4.69) is 4.98 Å². The number of anilines is 1. The number of amides is 1. The van der Waals surface area contributed by atoms with Gasteiger partial charge in [0.2, 0.25) is 0 Å². The van der Waals surface area contributed by atoms with Crippen LogP contribution in [-0.4, -0.2) is 23.6 Å². The van der Waals surface area contributed by atoms with E-state index in [0.717, 1.165) is 9.87 Å². The molecule has 0 atom stereocenters. The van der Waals surface area contributed by atoms with E-state index in [1.165, 1.54) is 18.2 Å². The number of rotatable bonds is 2. The summed E-state index contributed by atoms with van der Waals surface area (Å²) in [5.41, 5.74) is 7.66. The van der Waals surface area contributed by atoms with Crippen LogP contribution in [0.15, 0.2) is 41.6 Å². The van der Waals surface area contributed by atoms with Crippen molar-refractivity contribution in [3.05, 3.63) is 53.3 Å². The third kappa shape index (κ3) is 2.15. The molecule has 1 amide bonds. The van der Waals surface area contributed by atoms with Gasteiger partial charge in [0.15, 0.2) is 0 Å². The smallest absolute Gasteiger partial charge is 0.269 e. The predicted molar refractivity (Wildman–Crippen MR) is 76.9 cm³/mol. The van der Waals surface area contributed by atoms with Crippen molar-refractivity contribution in [3.8, 4) is 0 Å². The number of nitrogens with two attached hydrogens (primary N) is 1. The van der Waals surface area contributed by atoms with Crippen molar-refractivity contribution in [1.82, 2.24) is 9.29 Å². The van der Waals surface area contributed by atoms with Crippen LogP contribution >= 0.6 is 0 Å². The molecule has 2 heterocycles. The molecule has 0 aliphatic carbocycles. The Labute approximate surface area is 122 Å². The highest BCUT2D eigenvalue weighted by Crippen LogP contribution is 2.32. The Hall–Kier alpha value is -2.41. The van der Waals surface area contributed by atoms with Crippen molar-refractivity contribution >= 4 is 21.6 Å². The normalized spacial score (nSPS) is 16.0. The van der Waals surface area contributed by atoms with E-state index in [9.17, 15) is 13.2 Å². The molecule has 21 heavy (non-hydrogen) atoms. The van der Waals surface area contributed by atoms with Gasteiger partial charge in [-0.05, 0) is 36.2 Å². The van der Waals surface area contributed by atoms with Crippen molar-refractivity contribution in [2.24, 2.45) is 0 Å². The van der Waals surface area contributed by atoms with Crippen LogP contribution in [0.5, 0.6) is 0 Å². The summed E-state index contributed by atoms with van der Waals surface area (Å²) in [6.45, 7) is 1.82. The molecule has 1 aromatic heterocycles. The molecule has 6 nitrogen and oxygen atoms in total. The number of pyridine rings is 1. The second kappa shape index (κ2) is 4.56. The number of nitrogen functional groups attached to an aromatic ring is 1. The number of carbonyl (C=O) groups excluding carboxylic acids is 1. The van der Waals surface area contributed by atoms with Gasteiger partial charge in [-0.15, -0.1) is 0 Å². The summed E-state index contributed by atoms with van der Waals surface area (Å²) in [4.78, 5) is 16.3. The molecule has 0 unspecified atom stereocenters. The second-order valence-electron chi connectivity index (χ2n) is 4.94. The Kier molecular flexibility index (Phi) is 2.94. The maximum Gasteiger partial charge on any atom is 0.269 e. The first-order chi connectivity index (χ1) is 9.89. The summed E-state index contributed by atoms with van der Waals surface area (Å²) in [6.07, 6.45) is 3.21. The average Bonchev–Trinajstić information content (AvgIpc) is 2.60. The van der Waals surface area contributed by atoms with Gasteiger partial charge in [-0.2, -0.15) is 0 Å². The molecular formula is C14H13N3O3S. The largest absolute Gasteiger partial charge is 0.399 e. The van der Waals surface area contributed by atoms with Gasteiger partial charge in [0.1, 0.15) is 4.90 Å². The van der Waals surface area contributed by atoms with Crippen LogP contribution < -0.4 is 5.73 Å². The maximum atomic E-state index is 12.4. The molecule has 108 valence electrons. The Balaban J connectivity index is 2.04. The second-order valence-corrected chi connectivity index (χ2v) is 6.77. The molecule has 0 saturated heterocycles. The number of nitrogens with zero attached hydrogens (tertiary/aromatic N) is 2. The van der Waals surface area contributed by atoms with Crippen LogP contribution in [0.25, 0.3) is 0 Å². The van der Waals surface area contributed by atoms with E-state index in [-0.39, 0.29) is 17.0 Å². The van der Waals surface area contributed by atoms with Gasteiger partial charge in [0, 0.05) is 18.1 Å². The van der Waals surface area contributed by atoms with Gasteiger partial charge >= 0.3 is 0 Å². The molecule has 0 radical (unpaired) electrons. The zero-order valence-electron chi connectivity index (χ0n) is 11.3. The standard InChI is InChI=1S/C14H13N3O3S/c1-9-4-10(7-16-6-9)8-17-14(18)12-5-11(15)2-3-13(12)21(17,19)20/h2-7H,8,15H2,1H3. The lowest BCUT2D eigenvalue weighted by Crippen LogP contribution is -2.29. The van der Waals surface area contributed by atoms with E-state index in [0.29, 0.717) is 11.3 Å². The van der Waals surface area contributed by atoms with Crippen LogP contribution in [0.2, 0.25) is 0 Å². The predicted octanol–water partition coefficient (Wildman–Crippen LogP) is 1.32. The number of sulfonamides is 1. The lowest BCUT2D eigenvalue weighted by molar-refractivity contribution is 0.0865. The molecule has 1 aromatic carbocycles. The minimum absolute atomic E-state index is 0.00214. The Bertz CT molecular complexity index is 846. The molecule has 0 saturated carbocycles. The maximum absolute atomic E-state index is 12.4. The first kappa shape index (κ1) is 13.6. The van der Waals surface area contributed by atoms with Crippen molar-refractivity contribution in [2.45, 2.75) is 18.4 Å². The van der Waals surface area contributed by atoms with Gasteiger partial charge in [-0.25, -0.2) is 12.7 Å². The van der Waals surface area contributed by atoms with Gasteiger partial charge in [0.05, 0.1) is 12.1 Å². The van der Waals surface area contributed by atoms with E-state index < -0.39 is 15.9 Å². The molecule has 1 aliphatic heterocycles. The van der Waals surface area contributed by atoms with Crippen molar-refractivity contribution < 1.29 is 13.2 Å². The monoisotopic (exact) mass is 303 g/mol. The van der Waals surface area contributed by atoms with Gasteiger partial charge in [-0.3, -0.25) is 9.78 Å². The molecule has 0 fully saturated rings. The number of carbonyl (C=O) groups is 1. The highest BCUT2D eigenvalue weighted by molar-refractivity contribution is 7.90. The van der Waals surface area contributed by atoms with E-state index >= 15 is 0 Å². The summed E-state index contributed by atoms with van der Waals surface area (Å²) in [6, 6.07) is 6.03. The zero-order chi connectivity index (χ0) is 15.2. The first-order valence-electron chi connectivity index (χ1n) is 6.27. The summed E-state index contributed by atoms with van der Waals surface area (Å²) in [7, 11) is -3.82. The van der Waals surface area contributed by atoms with E-state index in [1.807, 2.05) is 6.92 Å². The summed E-state index contributed by atoms with van der Waals surface area (Å²) < 4.78 is 25.7. The van der Waals surface area contributed by atoms with Crippen LogP contribution in [0.4, 0.5) is 5.69 Å². The van der Waals surface area contributed by atoms with Crippen molar-refractivity contribution in [3.63, 3.8) is 0 Å². The lowest BCUT2D eigenvalue weighted by Gasteiger charge is -2.15. The molecule has 0 bridgehead atoms. The van der Waals surface area contributed by atoms with Crippen LogP contribution in [0, 0.1) is 6.92 Å². The van der Waals surface area contributed by atoms with Crippen LogP contribution in [-0.2, 0) is 16.6 Å². The number of fused-ring (bicyclic) bond motifs is 1. The van der Waals surface area contributed by atoms with Gasteiger partial charge < -0.3 is 5.73 Å². The molecule has 1 aliphatic rings. The van der Waals surface area contributed by atoms with E-state index in [4.69, 9.17) is 5.73 Å². The highest BCUT2D eigenvalue weighted by atomic mass is 32.2. The van der Waals surface area contributed by atoms with Crippen molar-refractivity contribution in [1.29, 1.82) is 0 Å². The Morgan fingerprint density at radius 2 is 2.00 bits per heavy atom. The molecular weight excluding hydrogens is 290 g/mol. The van der Waals surface area contributed by atoms with Crippen LogP contribution in [0.1, 0.15) is 21.5 Å². The topological polar surface area (TPSA) is 93.4 Å². The fourth-order valence-electron chi connectivity index (χ4n) is 2.33. The number of aryl methyl sites for hydroxylation is 1. The number of hydrogen-bond acceptors (Lipinski definition) is 5. The zero-order valence-corrected chi connectivity index (χ0v) is 12.1. The SMILES string of the molecule is Cc1cncc(CN2C(=O)c3cc(N)ccc3S2(=O)=O)c1. The highest BCUT2D eigenvalue weighted by Gasteiger charge is 2.41. The van der Waals surface area contributed by atoms with Gasteiger partial charge in [-0.1, -0.05) is 6.07 Å². The summed E-state index contributed by atoms with van der Waals surface area (Å²) >= 11 is 0. The summed E-state index contributed by atoms with van der Waals surface area (Å²) in [5, 5.41) is 0. The van der Waals surface area contributed by atoms with Crippen LogP contribution in [0.3, 0.4) is 0 Å². The molecule has 0 spiro atoms. The average molecular weight is 303 g/mol. The third-order valence-electron chi connectivity index (χ3n) is 3.29. The number of aromatic nitrogens is 1. The minimum Gasteiger partial charge on any atom is -0.399 e. The number of hydrogen-bond donors (Lipinski definition) is 1. The lowest BCUT2D eigenvalue weighted by atomic mass is 10.2. The molecule has 2 N–H and O–H groups in total. The Morgan fingerprint density at radius 1 is 1.24 bits per heavy atom. The molecule has 7 heteroatoms. The first-order valence-corrected chi connectivity index (χ1v) is 7.71. The quantitative estimate of drug-likeness (QED) is 0.844.